The van der Waals surface area contributed by atoms with Crippen LogP contribution in [0.4, 0.5) is 5.82 Å². The molecule has 0 N–H and O–H groups in total. The summed E-state index contributed by atoms with van der Waals surface area (Å²) in [5, 5.41) is 0. The second-order valence-electron chi connectivity index (χ2n) is 2.03. The van der Waals surface area contributed by atoms with Crippen molar-refractivity contribution in [3.8, 4) is 0 Å². The van der Waals surface area contributed by atoms with E-state index in [0.717, 1.165) is 12.4 Å². The first-order valence-electron chi connectivity index (χ1n) is 3.75. The van der Waals surface area contributed by atoms with Crippen molar-refractivity contribution in [1.82, 2.24) is 9.97 Å². The van der Waals surface area contributed by atoms with E-state index < -0.39 is 0 Å². The zero-order chi connectivity index (χ0) is 8.27. The van der Waals surface area contributed by atoms with E-state index in [1.54, 1.807) is 12.3 Å². The first kappa shape index (κ1) is 5.65. The second-order valence-corrected chi connectivity index (χ2v) is 2.03. The highest BCUT2D eigenvalue weighted by Crippen LogP contribution is 2.03. The van der Waals surface area contributed by atoms with Gasteiger partial charge in [0.2, 0.25) is 0 Å². The highest BCUT2D eigenvalue weighted by molar-refractivity contribution is 5.34. The van der Waals surface area contributed by atoms with E-state index in [0.29, 0.717) is 0 Å². The van der Waals surface area contributed by atoms with Gasteiger partial charge < -0.3 is 4.90 Å². The van der Waals surface area contributed by atoms with Gasteiger partial charge in [0.05, 0.1) is 0 Å². The Kier molecular flexibility index (Phi) is 1.78. The lowest BCUT2D eigenvalue weighted by molar-refractivity contribution is 0.929. The maximum Gasteiger partial charge on any atom is 0.131 e. The molecule has 1 heterocycles. The Labute approximate surface area is 62.1 Å². The van der Waals surface area contributed by atoms with Gasteiger partial charge in [-0.15, -0.1) is 0 Å². The number of hydrogen-bond donors (Lipinski definition) is 0. The lowest BCUT2D eigenvalue weighted by atomic mass is 10.5. The second kappa shape index (κ2) is 3.15. The molecular formula is C7H11N3. The summed E-state index contributed by atoms with van der Waals surface area (Å²) in [6.45, 7) is 2.92. The van der Waals surface area contributed by atoms with Crippen molar-refractivity contribution >= 4 is 5.82 Å². The molecular weight excluding hydrogens is 126 g/mol. The summed E-state index contributed by atoms with van der Waals surface area (Å²) in [5.74, 6) is 0.799. The minimum atomic E-state index is 0.0720. The predicted octanol–water partition coefficient (Wildman–Crippen LogP) is 0.933. The highest BCUT2D eigenvalue weighted by atomic mass is 15.2. The Morgan fingerprint density at radius 2 is 2.60 bits per heavy atom. The van der Waals surface area contributed by atoms with E-state index in [9.17, 15) is 0 Å². The van der Waals surface area contributed by atoms with E-state index in [2.05, 4.69) is 9.97 Å². The van der Waals surface area contributed by atoms with Crippen LogP contribution in [-0.2, 0) is 0 Å². The van der Waals surface area contributed by atoms with Gasteiger partial charge in [0, 0.05) is 19.8 Å². The number of nitrogens with zero attached hydrogens (tertiary/aromatic N) is 3. The van der Waals surface area contributed by atoms with Gasteiger partial charge in [-0.2, -0.15) is 0 Å². The first-order chi connectivity index (χ1) is 5.24. The third-order valence-corrected chi connectivity index (χ3v) is 1.39. The Hall–Kier alpha value is -1.12. The van der Waals surface area contributed by atoms with Crippen LogP contribution in [0.5, 0.6) is 0 Å². The molecule has 0 saturated heterocycles. The van der Waals surface area contributed by atoms with Gasteiger partial charge in [-0.25, -0.2) is 9.97 Å². The van der Waals surface area contributed by atoms with Crippen LogP contribution in [-0.4, -0.2) is 23.6 Å². The molecule has 54 valence electrons. The molecule has 0 unspecified atom stereocenters. The molecule has 0 fully saturated rings. The van der Waals surface area contributed by atoms with E-state index in [1.165, 1.54) is 0 Å². The normalized spacial score (nSPS) is 10.8. The fourth-order valence-electron chi connectivity index (χ4n) is 0.629. The smallest absolute Gasteiger partial charge is 0.131 e. The number of aromatic nitrogens is 2. The van der Waals surface area contributed by atoms with Crippen molar-refractivity contribution in [3.05, 3.63) is 18.6 Å². The van der Waals surface area contributed by atoms with Crippen molar-refractivity contribution in [1.29, 1.82) is 0 Å². The Morgan fingerprint density at radius 3 is 3.20 bits per heavy atom. The molecule has 0 aliphatic carbocycles. The molecule has 0 saturated carbocycles. The Morgan fingerprint density at radius 1 is 1.80 bits per heavy atom. The molecule has 1 aromatic heterocycles. The van der Waals surface area contributed by atoms with E-state index in [1.807, 2.05) is 18.9 Å². The Balaban J connectivity index is 2.86. The fraction of sp³-hybridized carbons (Fsp3) is 0.429. The van der Waals surface area contributed by atoms with Gasteiger partial charge in [-0.3, -0.25) is 0 Å². The quantitative estimate of drug-likeness (QED) is 0.608. The van der Waals surface area contributed by atoms with Crippen molar-refractivity contribution < 1.29 is 1.37 Å². The maximum absolute atomic E-state index is 7.16. The molecule has 1 rings (SSSR count). The van der Waals surface area contributed by atoms with Crippen LogP contribution in [0.15, 0.2) is 18.6 Å². The Bertz CT molecular complexity index is 239. The lowest BCUT2D eigenvalue weighted by Crippen LogP contribution is -2.16. The van der Waals surface area contributed by atoms with Crippen LogP contribution in [0.1, 0.15) is 8.29 Å². The third-order valence-electron chi connectivity index (χ3n) is 1.39. The number of rotatable bonds is 2. The maximum atomic E-state index is 7.16. The van der Waals surface area contributed by atoms with Crippen molar-refractivity contribution in [2.45, 2.75) is 6.92 Å². The van der Waals surface area contributed by atoms with Crippen molar-refractivity contribution in [3.63, 3.8) is 0 Å². The van der Waals surface area contributed by atoms with E-state index in [4.69, 9.17) is 1.37 Å². The van der Waals surface area contributed by atoms with Gasteiger partial charge >= 0.3 is 0 Å². The van der Waals surface area contributed by atoms with Gasteiger partial charge in [0.1, 0.15) is 13.5 Å². The summed E-state index contributed by atoms with van der Waals surface area (Å²) < 4.78 is 7.16. The third kappa shape index (κ3) is 1.43. The number of anilines is 1. The molecule has 10 heavy (non-hydrogen) atoms. The van der Waals surface area contributed by atoms with Gasteiger partial charge in [-0.1, -0.05) is 0 Å². The van der Waals surface area contributed by atoms with Gasteiger partial charge in [-0.05, 0) is 13.0 Å². The summed E-state index contributed by atoms with van der Waals surface area (Å²) in [7, 11) is 1.93. The molecule has 0 aliphatic heterocycles. The van der Waals surface area contributed by atoms with Crippen LogP contribution in [0.25, 0.3) is 0 Å². The molecule has 3 nitrogen and oxygen atoms in total. The molecule has 0 spiro atoms. The molecule has 3 heteroatoms. The summed E-state index contributed by atoms with van der Waals surface area (Å²) in [4.78, 5) is 9.57. The average molecular weight is 138 g/mol. The van der Waals surface area contributed by atoms with Crippen LogP contribution in [0, 0.1) is 0 Å². The average Bonchev–Trinajstić information content (AvgIpc) is 2.03. The summed E-state index contributed by atoms with van der Waals surface area (Å²) in [5.41, 5.74) is 0. The molecule has 0 atom stereocenters. The highest BCUT2D eigenvalue weighted by Gasteiger charge is 1.95. The van der Waals surface area contributed by atoms with Crippen molar-refractivity contribution in [2.24, 2.45) is 0 Å². The summed E-state index contributed by atoms with van der Waals surface area (Å²) in [6, 6.07) is 1.79. The van der Waals surface area contributed by atoms with Gasteiger partial charge in [0.25, 0.3) is 0 Å². The van der Waals surface area contributed by atoms with Gasteiger partial charge in [0.15, 0.2) is 0 Å². The summed E-state index contributed by atoms with van der Waals surface area (Å²) in [6.07, 6.45) is 1.67. The molecule has 0 bridgehead atoms. The molecule has 0 aromatic carbocycles. The monoisotopic (exact) mass is 138 g/mol. The zero-order valence-electron chi connectivity index (χ0n) is 7.20. The minimum Gasteiger partial charge on any atom is -0.360 e. The lowest BCUT2D eigenvalue weighted by Gasteiger charge is -2.13. The first-order valence-corrected chi connectivity index (χ1v) is 3.25. The molecule has 1 aromatic rings. The van der Waals surface area contributed by atoms with Crippen LogP contribution >= 0.6 is 0 Å². The van der Waals surface area contributed by atoms with Crippen LogP contribution < -0.4 is 4.90 Å². The molecule has 0 radical (unpaired) electrons. The topological polar surface area (TPSA) is 29.0 Å². The van der Waals surface area contributed by atoms with Crippen LogP contribution in [0.3, 0.4) is 0 Å². The summed E-state index contributed by atoms with van der Waals surface area (Å²) >= 11 is 0. The standard InChI is InChI=1S/C7H11N3/c1-3-10(2)7-4-5-8-6-9-7/h4-6H,3H2,1-2H3/i6D. The molecule has 0 amide bonds. The SMILES string of the molecule is [2H]c1nccc(N(C)CC)n1. The van der Waals surface area contributed by atoms with E-state index in [-0.39, 0.29) is 6.30 Å². The largest absolute Gasteiger partial charge is 0.360 e. The fourth-order valence-corrected chi connectivity index (χ4v) is 0.629. The predicted molar refractivity (Wildman–Crippen MR) is 41.0 cm³/mol. The number of hydrogen-bond acceptors (Lipinski definition) is 3. The van der Waals surface area contributed by atoms with E-state index >= 15 is 0 Å². The zero-order valence-corrected chi connectivity index (χ0v) is 6.20. The van der Waals surface area contributed by atoms with Crippen molar-refractivity contribution in [2.75, 3.05) is 18.5 Å². The minimum absolute atomic E-state index is 0.0720. The van der Waals surface area contributed by atoms with Crippen LogP contribution in [0.2, 0.25) is 0 Å². The molecule has 0 aliphatic rings.